The molecule has 0 aliphatic heterocycles. The third kappa shape index (κ3) is 3.41. The lowest BCUT2D eigenvalue weighted by Crippen LogP contribution is -2.02. The molecule has 0 fully saturated rings. The summed E-state index contributed by atoms with van der Waals surface area (Å²) in [6.07, 6.45) is 1.34. The molecule has 0 amide bonds. The molecule has 1 aromatic rings. The summed E-state index contributed by atoms with van der Waals surface area (Å²) in [5, 5.41) is 3.62. The second kappa shape index (κ2) is 6.54. The first-order chi connectivity index (χ1) is 8.62. The Morgan fingerprint density at radius 1 is 1.50 bits per heavy atom. The van der Waals surface area contributed by atoms with Crippen LogP contribution in [0.25, 0.3) is 16.5 Å². The summed E-state index contributed by atoms with van der Waals surface area (Å²) in [7, 11) is 2.71. The smallest absolute Gasteiger partial charge is 0.340 e. The predicted octanol–water partition coefficient (Wildman–Crippen LogP) is 3.17. The highest BCUT2D eigenvalue weighted by Crippen LogP contribution is 2.24. The van der Waals surface area contributed by atoms with Gasteiger partial charge < -0.3 is 9.47 Å². The van der Waals surface area contributed by atoms with Gasteiger partial charge in [-0.1, -0.05) is 16.7 Å². The van der Waals surface area contributed by atoms with E-state index in [4.69, 9.17) is 21.9 Å². The number of halogens is 1. The number of azide groups is 1. The highest BCUT2D eigenvalue weighted by molar-refractivity contribution is 6.32. The van der Waals surface area contributed by atoms with Gasteiger partial charge in [0.15, 0.2) is 0 Å². The molecule has 0 heterocycles. The van der Waals surface area contributed by atoms with Gasteiger partial charge in [0, 0.05) is 4.91 Å². The van der Waals surface area contributed by atoms with Gasteiger partial charge in [-0.05, 0) is 35.4 Å². The lowest BCUT2D eigenvalue weighted by molar-refractivity contribution is -0.136. The van der Waals surface area contributed by atoms with Crippen molar-refractivity contribution in [2.45, 2.75) is 0 Å². The van der Waals surface area contributed by atoms with Gasteiger partial charge in [-0.3, -0.25) is 0 Å². The minimum Gasteiger partial charge on any atom is -0.497 e. The van der Waals surface area contributed by atoms with Crippen LogP contribution in [0.1, 0.15) is 5.56 Å². The molecule has 0 aliphatic rings. The Hall–Kier alpha value is -2.17. The van der Waals surface area contributed by atoms with Gasteiger partial charge in [0.25, 0.3) is 0 Å². The molecule has 0 unspecified atom stereocenters. The molecule has 0 N–H and O–H groups in total. The first kappa shape index (κ1) is 13.9. The molecule has 0 spiro atoms. The van der Waals surface area contributed by atoms with Crippen molar-refractivity contribution in [3.8, 4) is 5.75 Å². The molecule has 1 aromatic carbocycles. The Labute approximate surface area is 108 Å². The van der Waals surface area contributed by atoms with Crippen molar-refractivity contribution in [2.24, 2.45) is 5.11 Å². The normalized spacial score (nSPS) is 10.5. The fourth-order valence-electron chi connectivity index (χ4n) is 1.18. The van der Waals surface area contributed by atoms with Crippen LogP contribution in [-0.2, 0) is 9.53 Å². The summed E-state index contributed by atoms with van der Waals surface area (Å²) < 4.78 is 9.47. The second-order valence-electron chi connectivity index (χ2n) is 3.10. The predicted molar refractivity (Wildman–Crippen MR) is 67.1 cm³/mol. The number of rotatable bonds is 4. The zero-order valence-electron chi connectivity index (χ0n) is 9.75. The monoisotopic (exact) mass is 267 g/mol. The molecule has 0 radical (unpaired) electrons. The van der Waals surface area contributed by atoms with Crippen LogP contribution in [0.15, 0.2) is 29.0 Å². The Kier molecular flexibility index (Phi) is 5.05. The van der Waals surface area contributed by atoms with Crippen molar-refractivity contribution in [3.05, 3.63) is 44.9 Å². The SMILES string of the molecule is COC(=O)/C(=C/c1ccc(OC)cc1Cl)N=[N+]=[N-]. The number of ether oxygens (including phenoxy) is 2. The van der Waals surface area contributed by atoms with Gasteiger partial charge in [0.2, 0.25) is 0 Å². The van der Waals surface area contributed by atoms with E-state index in [9.17, 15) is 4.79 Å². The maximum absolute atomic E-state index is 11.3. The van der Waals surface area contributed by atoms with Crippen LogP contribution in [0.5, 0.6) is 5.75 Å². The number of hydrogen-bond acceptors (Lipinski definition) is 4. The van der Waals surface area contributed by atoms with E-state index >= 15 is 0 Å². The molecule has 0 saturated carbocycles. The number of hydrogen-bond donors (Lipinski definition) is 0. The summed E-state index contributed by atoms with van der Waals surface area (Å²) in [4.78, 5) is 13.9. The average Bonchev–Trinajstić information content (AvgIpc) is 2.39. The lowest BCUT2D eigenvalue weighted by Gasteiger charge is -2.04. The molecule has 0 atom stereocenters. The average molecular weight is 268 g/mol. The molecule has 0 aromatic heterocycles. The molecular formula is C11H10ClN3O3. The van der Waals surface area contributed by atoms with Crippen molar-refractivity contribution in [1.82, 2.24) is 0 Å². The number of carbonyl (C=O) groups excluding carboxylic acids is 1. The second-order valence-corrected chi connectivity index (χ2v) is 3.51. The number of nitrogens with zero attached hydrogens (tertiary/aromatic N) is 3. The molecule has 7 heteroatoms. The molecule has 1 rings (SSSR count). The summed E-state index contributed by atoms with van der Waals surface area (Å²) >= 11 is 5.99. The van der Waals surface area contributed by atoms with Crippen molar-refractivity contribution < 1.29 is 14.3 Å². The van der Waals surface area contributed by atoms with Gasteiger partial charge in [-0.25, -0.2) is 4.79 Å². The highest BCUT2D eigenvalue weighted by atomic mass is 35.5. The van der Waals surface area contributed by atoms with Crippen molar-refractivity contribution in [3.63, 3.8) is 0 Å². The van der Waals surface area contributed by atoms with Crippen molar-refractivity contribution in [1.29, 1.82) is 0 Å². The Bertz CT molecular complexity index is 536. The highest BCUT2D eigenvalue weighted by Gasteiger charge is 2.09. The number of benzene rings is 1. The van der Waals surface area contributed by atoms with Crippen LogP contribution in [0.3, 0.4) is 0 Å². The third-order valence-corrected chi connectivity index (χ3v) is 2.37. The minimum absolute atomic E-state index is 0.174. The largest absolute Gasteiger partial charge is 0.497 e. The zero-order chi connectivity index (χ0) is 13.5. The summed E-state index contributed by atoms with van der Waals surface area (Å²) in [5.41, 5.74) is 8.71. The van der Waals surface area contributed by atoms with E-state index in [0.29, 0.717) is 16.3 Å². The first-order valence-electron chi connectivity index (χ1n) is 4.81. The van der Waals surface area contributed by atoms with Crippen LogP contribution in [-0.4, -0.2) is 20.2 Å². The van der Waals surface area contributed by atoms with Crippen molar-refractivity contribution in [2.75, 3.05) is 14.2 Å². The summed E-state index contributed by atoms with van der Waals surface area (Å²) in [6, 6.07) is 4.89. The Balaban J connectivity index is 3.19. The van der Waals surface area contributed by atoms with Gasteiger partial charge in [-0.15, -0.1) is 0 Å². The molecule has 0 aliphatic carbocycles. The van der Waals surface area contributed by atoms with E-state index < -0.39 is 5.97 Å². The first-order valence-corrected chi connectivity index (χ1v) is 5.18. The maximum Gasteiger partial charge on any atom is 0.340 e. The summed E-state index contributed by atoms with van der Waals surface area (Å²) in [6.45, 7) is 0. The lowest BCUT2D eigenvalue weighted by atomic mass is 10.2. The van der Waals surface area contributed by atoms with Crippen LogP contribution < -0.4 is 4.74 Å². The Morgan fingerprint density at radius 2 is 2.22 bits per heavy atom. The maximum atomic E-state index is 11.3. The molecule has 0 saturated heterocycles. The Morgan fingerprint density at radius 3 is 2.72 bits per heavy atom. The van der Waals surface area contributed by atoms with Gasteiger partial charge >= 0.3 is 5.97 Å². The third-order valence-electron chi connectivity index (χ3n) is 2.05. The van der Waals surface area contributed by atoms with E-state index in [1.807, 2.05) is 0 Å². The van der Waals surface area contributed by atoms with Gasteiger partial charge in [0.05, 0.1) is 19.2 Å². The van der Waals surface area contributed by atoms with E-state index in [-0.39, 0.29) is 5.70 Å². The van der Waals surface area contributed by atoms with E-state index in [1.54, 1.807) is 18.2 Å². The number of methoxy groups -OCH3 is 2. The number of esters is 1. The molecule has 0 bridgehead atoms. The van der Waals surface area contributed by atoms with E-state index in [1.165, 1.54) is 20.3 Å². The molecule has 18 heavy (non-hydrogen) atoms. The van der Waals surface area contributed by atoms with Gasteiger partial charge in [0.1, 0.15) is 11.4 Å². The van der Waals surface area contributed by atoms with E-state index in [2.05, 4.69) is 14.8 Å². The van der Waals surface area contributed by atoms with Gasteiger partial charge in [-0.2, -0.15) is 0 Å². The fourth-order valence-corrected chi connectivity index (χ4v) is 1.41. The quantitative estimate of drug-likeness (QED) is 0.276. The topological polar surface area (TPSA) is 84.3 Å². The fraction of sp³-hybridized carbons (Fsp3) is 0.182. The van der Waals surface area contributed by atoms with Crippen LogP contribution >= 0.6 is 11.6 Å². The van der Waals surface area contributed by atoms with Crippen LogP contribution in [0.2, 0.25) is 5.02 Å². The zero-order valence-corrected chi connectivity index (χ0v) is 10.5. The van der Waals surface area contributed by atoms with Crippen LogP contribution in [0, 0.1) is 0 Å². The van der Waals surface area contributed by atoms with E-state index in [0.717, 1.165) is 0 Å². The summed E-state index contributed by atoms with van der Waals surface area (Å²) in [5.74, 6) is -0.153. The van der Waals surface area contributed by atoms with Crippen molar-refractivity contribution >= 4 is 23.6 Å². The standard InChI is InChI=1S/C11H10ClN3O3/c1-17-8-4-3-7(9(12)6-8)5-10(14-15-13)11(16)18-2/h3-6H,1-2H3/b10-5-. The molecule has 6 nitrogen and oxygen atoms in total. The van der Waals surface area contributed by atoms with Crippen LogP contribution in [0.4, 0.5) is 0 Å². The molecular weight excluding hydrogens is 258 g/mol. The number of carbonyl (C=O) groups is 1. The minimum atomic E-state index is -0.736. The molecule has 94 valence electrons.